The molecule has 0 saturated heterocycles. The summed E-state index contributed by atoms with van der Waals surface area (Å²) in [5.41, 5.74) is 0.546. The molecule has 2 nitrogen and oxygen atoms in total. The molecule has 0 aromatic rings. The number of hydrogen-bond acceptors (Lipinski definition) is 2. The minimum atomic E-state index is -0.945. The fraction of sp³-hybridized carbons (Fsp3) is 0.696. The van der Waals surface area contributed by atoms with E-state index in [1.54, 1.807) is 0 Å². The van der Waals surface area contributed by atoms with Crippen LogP contribution >= 0.6 is 0 Å². The number of hydrogen-bond donors (Lipinski definition) is 1. The van der Waals surface area contributed by atoms with Crippen LogP contribution in [0.4, 0.5) is 0 Å². The van der Waals surface area contributed by atoms with Crippen molar-refractivity contribution in [2.45, 2.75) is 63.9 Å². The first-order valence-electron chi connectivity index (χ1n) is 10.0. The van der Waals surface area contributed by atoms with Crippen LogP contribution in [0.15, 0.2) is 23.8 Å². The van der Waals surface area contributed by atoms with Gasteiger partial charge < -0.3 is 5.11 Å². The van der Waals surface area contributed by atoms with Crippen molar-refractivity contribution < 1.29 is 9.90 Å². The Balaban J connectivity index is 1.63. The number of rotatable bonds is 0. The summed E-state index contributed by atoms with van der Waals surface area (Å²) in [6.45, 7) is 2.26. The number of aliphatic hydroxyl groups is 1. The second-order valence-electron chi connectivity index (χ2n) is 9.59. The van der Waals surface area contributed by atoms with E-state index in [2.05, 4.69) is 25.0 Å². The fourth-order valence-corrected chi connectivity index (χ4v) is 7.85. The third-order valence-electron chi connectivity index (χ3n) is 8.96. The molecular weight excluding hydrogens is 308 g/mol. The molecule has 5 aliphatic carbocycles. The lowest BCUT2D eigenvalue weighted by molar-refractivity contribution is -0.129. The van der Waals surface area contributed by atoms with Gasteiger partial charge in [-0.15, -0.1) is 6.42 Å². The monoisotopic (exact) mass is 336 g/mol. The lowest BCUT2D eigenvalue weighted by atomic mass is 9.41. The highest BCUT2D eigenvalue weighted by Gasteiger charge is 2.66. The largest absolute Gasteiger partial charge is 0.377 e. The average Bonchev–Trinajstić information content (AvgIpc) is 2.87. The van der Waals surface area contributed by atoms with E-state index in [-0.39, 0.29) is 10.8 Å². The van der Waals surface area contributed by atoms with Gasteiger partial charge in [-0.25, -0.2) is 0 Å². The van der Waals surface area contributed by atoms with Crippen LogP contribution in [0.2, 0.25) is 0 Å². The number of carbonyl (C=O) groups is 1. The van der Waals surface area contributed by atoms with Gasteiger partial charge in [-0.3, -0.25) is 4.79 Å². The molecule has 1 N–H and O–H groups in total. The molecule has 5 aliphatic rings. The Labute approximate surface area is 150 Å². The molecule has 0 aromatic heterocycles. The number of terminal acetylenes is 1. The van der Waals surface area contributed by atoms with Crippen LogP contribution in [-0.4, -0.2) is 16.5 Å². The quantitative estimate of drug-likeness (QED) is 0.535. The minimum Gasteiger partial charge on any atom is -0.377 e. The molecule has 0 aliphatic heterocycles. The van der Waals surface area contributed by atoms with E-state index in [0.717, 1.165) is 44.9 Å². The third kappa shape index (κ3) is 1.78. The van der Waals surface area contributed by atoms with Crippen LogP contribution < -0.4 is 0 Å². The first-order valence-corrected chi connectivity index (χ1v) is 10.0. The highest BCUT2D eigenvalue weighted by Crippen LogP contribution is 2.70. The van der Waals surface area contributed by atoms with Crippen molar-refractivity contribution in [2.24, 2.45) is 34.5 Å². The normalized spacial score (nSPS) is 53.3. The Kier molecular flexibility index (Phi) is 3.11. The summed E-state index contributed by atoms with van der Waals surface area (Å²) >= 11 is 0. The molecule has 132 valence electrons. The molecule has 0 amide bonds. The minimum absolute atomic E-state index is 0.165. The van der Waals surface area contributed by atoms with Crippen LogP contribution in [0.25, 0.3) is 0 Å². The van der Waals surface area contributed by atoms with Gasteiger partial charge >= 0.3 is 0 Å². The Morgan fingerprint density at radius 1 is 1.28 bits per heavy atom. The van der Waals surface area contributed by atoms with Gasteiger partial charge in [-0.05, 0) is 80.1 Å². The maximum absolute atomic E-state index is 12.0. The van der Waals surface area contributed by atoms with E-state index in [4.69, 9.17) is 6.42 Å². The van der Waals surface area contributed by atoms with Crippen molar-refractivity contribution in [1.82, 2.24) is 0 Å². The number of ketones is 1. The van der Waals surface area contributed by atoms with Gasteiger partial charge in [0, 0.05) is 11.8 Å². The molecule has 3 saturated carbocycles. The number of carbonyl (C=O) groups excluding carboxylic acids is 1. The molecule has 0 heterocycles. The second kappa shape index (κ2) is 4.89. The maximum Gasteiger partial charge on any atom is 0.155 e. The Morgan fingerprint density at radius 3 is 2.92 bits per heavy atom. The van der Waals surface area contributed by atoms with E-state index in [0.29, 0.717) is 35.9 Å². The van der Waals surface area contributed by atoms with Gasteiger partial charge in [0.15, 0.2) is 5.78 Å². The van der Waals surface area contributed by atoms with Gasteiger partial charge in [0.2, 0.25) is 0 Å². The highest BCUT2D eigenvalue weighted by atomic mass is 16.3. The molecular formula is C23H28O2. The smallest absolute Gasteiger partial charge is 0.155 e. The molecule has 7 atom stereocenters. The summed E-state index contributed by atoms with van der Waals surface area (Å²) in [5.74, 6) is 5.42. The Hall–Kier alpha value is -1.33. The molecule has 25 heavy (non-hydrogen) atoms. The lowest BCUT2D eigenvalue weighted by Crippen LogP contribution is -2.58. The highest BCUT2D eigenvalue weighted by molar-refractivity contribution is 5.91. The zero-order chi connectivity index (χ0) is 17.4. The van der Waals surface area contributed by atoms with Gasteiger partial charge in [-0.1, -0.05) is 30.6 Å². The summed E-state index contributed by atoms with van der Waals surface area (Å²) in [6.07, 6.45) is 20.5. The molecule has 0 aromatic carbocycles. The van der Waals surface area contributed by atoms with E-state index in [1.165, 1.54) is 5.57 Å². The van der Waals surface area contributed by atoms with Crippen LogP contribution in [0, 0.1) is 46.8 Å². The van der Waals surface area contributed by atoms with E-state index < -0.39 is 5.60 Å². The standard InChI is InChI=1S/C23H28O2/c1-3-23(25)12-9-19-18-7-6-16-13-17(24)8-11-22(16)10-4-5-15(20(18)22)14-21(19,23)2/h1,4-5,13,15,18-20,25H,6-12,14H2,2H3/t15-,18-,19-,20-,21+,22-,23-/m0/s1. The summed E-state index contributed by atoms with van der Waals surface area (Å²) in [7, 11) is 0. The van der Waals surface area contributed by atoms with Gasteiger partial charge in [0.1, 0.15) is 5.60 Å². The van der Waals surface area contributed by atoms with Gasteiger partial charge in [0.05, 0.1) is 0 Å². The van der Waals surface area contributed by atoms with Crippen LogP contribution in [-0.2, 0) is 4.79 Å². The molecule has 0 unspecified atom stereocenters. The third-order valence-corrected chi connectivity index (χ3v) is 8.96. The Morgan fingerprint density at radius 2 is 2.12 bits per heavy atom. The van der Waals surface area contributed by atoms with Crippen molar-refractivity contribution in [3.63, 3.8) is 0 Å². The zero-order valence-corrected chi connectivity index (χ0v) is 15.1. The lowest BCUT2D eigenvalue weighted by Gasteiger charge is -2.63. The van der Waals surface area contributed by atoms with E-state index >= 15 is 0 Å². The fourth-order valence-electron chi connectivity index (χ4n) is 7.85. The molecule has 3 fully saturated rings. The SMILES string of the molecule is C#C[C@]1(O)CC[C@H]2[C@@H]3CCC4=CC(=O)CC[C@@]45CC=C[C@@H](C[C@]21C)[C@@H]35. The molecule has 5 rings (SSSR count). The first-order chi connectivity index (χ1) is 11.9. The molecule has 0 bridgehead atoms. The summed E-state index contributed by atoms with van der Waals surface area (Å²) in [6, 6.07) is 0. The van der Waals surface area contributed by atoms with Crippen molar-refractivity contribution in [1.29, 1.82) is 0 Å². The second-order valence-corrected chi connectivity index (χ2v) is 9.59. The van der Waals surface area contributed by atoms with Gasteiger partial charge in [0.25, 0.3) is 0 Å². The summed E-state index contributed by atoms with van der Waals surface area (Å²) in [5, 5.41) is 11.2. The number of fused-ring (bicyclic) bond motifs is 2. The molecule has 2 heteroatoms. The topological polar surface area (TPSA) is 37.3 Å². The predicted molar refractivity (Wildman–Crippen MR) is 97.4 cm³/mol. The van der Waals surface area contributed by atoms with Crippen molar-refractivity contribution in [2.75, 3.05) is 0 Å². The Bertz CT molecular complexity index is 740. The molecule has 1 spiro atoms. The van der Waals surface area contributed by atoms with E-state index in [9.17, 15) is 9.90 Å². The van der Waals surface area contributed by atoms with Gasteiger partial charge in [-0.2, -0.15) is 0 Å². The predicted octanol–water partition coefficient (Wildman–Crippen LogP) is 4.05. The van der Waals surface area contributed by atoms with Crippen molar-refractivity contribution in [3.05, 3.63) is 23.8 Å². The first kappa shape index (κ1) is 15.9. The van der Waals surface area contributed by atoms with Crippen LogP contribution in [0.5, 0.6) is 0 Å². The zero-order valence-electron chi connectivity index (χ0n) is 15.1. The molecule has 0 radical (unpaired) electrons. The summed E-state index contributed by atoms with van der Waals surface area (Å²) < 4.78 is 0. The van der Waals surface area contributed by atoms with Crippen molar-refractivity contribution >= 4 is 5.78 Å². The van der Waals surface area contributed by atoms with Crippen molar-refractivity contribution in [3.8, 4) is 12.3 Å². The average molecular weight is 336 g/mol. The van der Waals surface area contributed by atoms with Crippen LogP contribution in [0.1, 0.15) is 58.3 Å². The number of allylic oxidation sites excluding steroid dienone is 3. The van der Waals surface area contributed by atoms with E-state index in [1.807, 2.05) is 6.08 Å². The summed E-state index contributed by atoms with van der Waals surface area (Å²) in [4.78, 5) is 12.0. The maximum atomic E-state index is 12.0. The van der Waals surface area contributed by atoms with Crippen LogP contribution in [0.3, 0.4) is 0 Å².